The van der Waals surface area contributed by atoms with E-state index in [1.165, 1.54) is 0 Å². The van der Waals surface area contributed by atoms with Crippen LogP contribution in [0.1, 0.15) is 25.3 Å². The Morgan fingerprint density at radius 2 is 1.93 bits per heavy atom. The lowest BCUT2D eigenvalue weighted by Gasteiger charge is -2.35. The summed E-state index contributed by atoms with van der Waals surface area (Å²) in [6, 6.07) is 7.87. The Bertz CT molecular complexity index is 658. The number of ether oxygens (including phenoxy) is 1. The molecule has 7 heteroatoms. The Balaban J connectivity index is 1.44. The molecule has 0 aliphatic carbocycles. The van der Waals surface area contributed by atoms with Crippen LogP contribution >= 0.6 is 0 Å². The number of anilines is 1. The second-order valence-corrected chi connectivity index (χ2v) is 7.22. The fourth-order valence-electron chi connectivity index (χ4n) is 3.73. The van der Waals surface area contributed by atoms with Crippen LogP contribution in [0.4, 0.5) is 5.69 Å². The van der Waals surface area contributed by atoms with Gasteiger partial charge in [-0.25, -0.2) is 0 Å². The zero-order valence-electron chi connectivity index (χ0n) is 16.0. The molecule has 3 rings (SSSR count). The number of nitrogens with two attached hydrogens (primary N) is 1. The number of carbonyl (C=O) groups is 2. The van der Waals surface area contributed by atoms with Crippen LogP contribution in [-0.2, 0) is 20.7 Å². The zero-order valence-corrected chi connectivity index (χ0v) is 16.0. The second-order valence-electron chi connectivity index (χ2n) is 7.22. The van der Waals surface area contributed by atoms with Gasteiger partial charge in [-0.2, -0.15) is 0 Å². The van der Waals surface area contributed by atoms with Gasteiger partial charge < -0.3 is 20.7 Å². The van der Waals surface area contributed by atoms with Crippen molar-refractivity contribution in [3.63, 3.8) is 0 Å². The molecule has 0 saturated carbocycles. The van der Waals surface area contributed by atoms with Crippen LogP contribution in [0.5, 0.6) is 0 Å². The average molecular weight is 374 g/mol. The smallest absolute Gasteiger partial charge is 0.251 e. The maximum absolute atomic E-state index is 12.6. The first-order chi connectivity index (χ1) is 13.1. The Labute approximate surface area is 160 Å². The van der Waals surface area contributed by atoms with Gasteiger partial charge in [0.2, 0.25) is 5.91 Å². The van der Waals surface area contributed by atoms with Crippen molar-refractivity contribution in [2.45, 2.75) is 38.4 Å². The molecule has 3 N–H and O–H groups in total. The largest absolute Gasteiger partial charge is 0.364 e. The predicted octanol–water partition coefficient (Wildman–Crippen LogP) is 0.838. The molecule has 0 bridgehead atoms. The van der Waals surface area contributed by atoms with Crippen LogP contribution in [-0.4, -0.2) is 73.1 Å². The van der Waals surface area contributed by atoms with E-state index in [-0.39, 0.29) is 24.0 Å². The summed E-state index contributed by atoms with van der Waals surface area (Å²) >= 11 is 0. The van der Waals surface area contributed by atoms with Gasteiger partial charge in [0.25, 0.3) is 5.91 Å². The minimum Gasteiger partial charge on any atom is -0.364 e. The molecule has 2 heterocycles. The summed E-state index contributed by atoms with van der Waals surface area (Å²) in [4.78, 5) is 28.9. The number of nitrogens with zero attached hydrogens (tertiary/aromatic N) is 2. The van der Waals surface area contributed by atoms with E-state index in [4.69, 9.17) is 10.5 Å². The number of aryl methyl sites for hydroxylation is 1. The maximum Gasteiger partial charge on any atom is 0.251 e. The molecule has 2 fully saturated rings. The zero-order chi connectivity index (χ0) is 19.2. The lowest BCUT2D eigenvalue weighted by molar-refractivity contribution is -0.144. The van der Waals surface area contributed by atoms with Crippen molar-refractivity contribution in [1.29, 1.82) is 0 Å². The van der Waals surface area contributed by atoms with Crippen molar-refractivity contribution in [3.8, 4) is 0 Å². The summed E-state index contributed by atoms with van der Waals surface area (Å²) in [5, 5.41) is 3.01. The van der Waals surface area contributed by atoms with Gasteiger partial charge in [0.05, 0.1) is 12.6 Å². The molecule has 2 aliphatic rings. The van der Waals surface area contributed by atoms with Gasteiger partial charge in [-0.05, 0) is 30.9 Å². The molecule has 2 atom stereocenters. The minimum absolute atomic E-state index is 0.00920. The number of hydrogen-bond donors (Lipinski definition) is 2. The molecule has 0 spiro atoms. The summed E-state index contributed by atoms with van der Waals surface area (Å²) in [6.45, 7) is 5.53. The number of para-hydroxylation sites is 1. The van der Waals surface area contributed by atoms with Gasteiger partial charge in [-0.3, -0.25) is 14.5 Å². The quantitative estimate of drug-likeness (QED) is 0.770. The van der Waals surface area contributed by atoms with Crippen LogP contribution in [0.15, 0.2) is 24.3 Å². The van der Waals surface area contributed by atoms with Gasteiger partial charge >= 0.3 is 0 Å². The first-order valence-corrected chi connectivity index (χ1v) is 9.85. The second kappa shape index (κ2) is 9.30. The molecular weight excluding hydrogens is 344 g/mol. The van der Waals surface area contributed by atoms with E-state index in [9.17, 15) is 9.59 Å². The van der Waals surface area contributed by atoms with Crippen molar-refractivity contribution < 1.29 is 14.3 Å². The highest BCUT2D eigenvalue weighted by Crippen LogP contribution is 2.21. The van der Waals surface area contributed by atoms with E-state index in [0.717, 1.165) is 30.5 Å². The third-order valence-electron chi connectivity index (χ3n) is 5.37. The first-order valence-electron chi connectivity index (χ1n) is 9.85. The highest BCUT2D eigenvalue weighted by Gasteiger charge is 2.34. The molecule has 148 valence electrons. The van der Waals surface area contributed by atoms with Crippen LogP contribution < -0.4 is 11.1 Å². The monoisotopic (exact) mass is 374 g/mol. The molecule has 2 saturated heterocycles. The molecule has 2 aliphatic heterocycles. The van der Waals surface area contributed by atoms with Crippen LogP contribution in [0.3, 0.4) is 0 Å². The number of amides is 2. The Morgan fingerprint density at radius 3 is 2.59 bits per heavy atom. The summed E-state index contributed by atoms with van der Waals surface area (Å²) in [5.41, 5.74) is 7.63. The molecule has 1 aromatic carbocycles. The number of carbonyl (C=O) groups excluding carboxylic acids is 2. The van der Waals surface area contributed by atoms with Gasteiger partial charge in [0.1, 0.15) is 6.10 Å². The van der Waals surface area contributed by atoms with E-state index in [2.05, 4.69) is 17.1 Å². The summed E-state index contributed by atoms with van der Waals surface area (Å²) in [5.74, 6) is 0.0486. The fourth-order valence-corrected chi connectivity index (χ4v) is 3.73. The number of hydrogen-bond acceptors (Lipinski definition) is 5. The SMILES string of the molecule is CCc1ccccc1NC(=O)CN1CCN(C(=O)[C@@H]2CC[C@H](CN)O2)CC1. The Morgan fingerprint density at radius 1 is 1.19 bits per heavy atom. The fraction of sp³-hybridized carbons (Fsp3) is 0.600. The molecule has 1 aromatic rings. The Kier molecular flexibility index (Phi) is 6.82. The summed E-state index contributed by atoms with van der Waals surface area (Å²) in [6.07, 6.45) is 2.15. The van der Waals surface area contributed by atoms with E-state index in [1.54, 1.807) is 0 Å². The van der Waals surface area contributed by atoms with Crippen LogP contribution in [0.2, 0.25) is 0 Å². The van der Waals surface area contributed by atoms with Gasteiger partial charge in [0, 0.05) is 38.4 Å². The predicted molar refractivity (Wildman–Crippen MR) is 104 cm³/mol. The van der Waals surface area contributed by atoms with Gasteiger partial charge in [-0.15, -0.1) is 0 Å². The normalized spacial score (nSPS) is 23.4. The summed E-state index contributed by atoms with van der Waals surface area (Å²) < 4.78 is 5.71. The van der Waals surface area contributed by atoms with E-state index >= 15 is 0 Å². The van der Waals surface area contributed by atoms with Crippen LogP contribution in [0, 0.1) is 0 Å². The standard InChI is InChI=1S/C20H30N4O3/c1-2-15-5-3-4-6-17(15)22-19(25)14-23-9-11-24(12-10-23)20(26)18-8-7-16(13-21)27-18/h3-6,16,18H,2,7-14,21H2,1H3,(H,22,25)/t16-,18+/m1/s1. The highest BCUT2D eigenvalue weighted by molar-refractivity contribution is 5.93. The molecular formula is C20H30N4O3. The molecule has 0 unspecified atom stereocenters. The van der Waals surface area contributed by atoms with Crippen molar-refractivity contribution in [3.05, 3.63) is 29.8 Å². The molecule has 2 amide bonds. The van der Waals surface area contributed by atoms with Crippen molar-refractivity contribution in [1.82, 2.24) is 9.80 Å². The van der Waals surface area contributed by atoms with E-state index in [0.29, 0.717) is 39.3 Å². The number of benzene rings is 1. The summed E-state index contributed by atoms with van der Waals surface area (Å²) in [7, 11) is 0. The highest BCUT2D eigenvalue weighted by atomic mass is 16.5. The van der Waals surface area contributed by atoms with Crippen molar-refractivity contribution in [2.75, 3.05) is 44.6 Å². The third-order valence-corrected chi connectivity index (χ3v) is 5.37. The topological polar surface area (TPSA) is 87.9 Å². The van der Waals surface area contributed by atoms with Gasteiger partial charge in [-0.1, -0.05) is 25.1 Å². The van der Waals surface area contributed by atoms with E-state index < -0.39 is 0 Å². The average Bonchev–Trinajstić information content (AvgIpc) is 3.17. The van der Waals surface area contributed by atoms with Crippen molar-refractivity contribution in [2.24, 2.45) is 5.73 Å². The minimum atomic E-state index is -0.348. The lowest BCUT2D eigenvalue weighted by Crippen LogP contribution is -2.52. The number of rotatable bonds is 6. The van der Waals surface area contributed by atoms with Gasteiger partial charge in [0.15, 0.2) is 0 Å². The lowest BCUT2D eigenvalue weighted by atomic mass is 10.1. The van der Waals surface area contributed by atoms with Crippen LogP contribution in [0.25, 0.3) is 0 Å². The third kappa shape index (κ3) is 5.06. The maximum atomic E-state index is 12.6. The molecule has 0 radical (unpaired) electrons. The molecule has 27 heavy (non-hydrogen) atoms. The van der Waals surface area contributed by atoms with E-state index in [1.807, 2.05) is 29.2 Å². The Hall–Kier alpha value is -1.96. The first kappa shape index (κ1) is 19.8. The molecule has 0 aromatic heterocycles. The number of nitrogens with one attached hydrogen (secondary N) is 1. The number of piperazine rings is 1. The van der Waals surface area contributed by atoms with Crippen molar-refractivity contribution >= 4 is 17.5 Å². The molecule has 7 nitrogen and oxygen atoms in total.